The molecule has 1 saturated carbocycles. The Bertz CT molecular complexity index is 1080. The lowest BCUT2D eigenvalue weighted by molar-refractivity contribution is 0.360. The van der Waals surface area contributed by atoms with Gasteiger partial charge >= 0.3 is 0 Å². The van der Waals surface area contributed by atoms with Crippen LogP contribution in [0.3, 0.4) is 0 Å². The van der Waals surface area contributed by atoms with Crippen LogP contribution in [0.5, 0.6) is 5.75 Å². The number of ether oxygens (including phenoxy) is 1. The summed E-state index contributed by atoms with van der Waals surface area (Å²) < 4.78 is 21.5. The highest BCUT2D eigenvalue weighted by atomic mass is 35.5. The Morgan fingerprint density at radius 1 is 1.03 bits per heavy atom. The first-order chi connectivity index (χ1) is 14.6. The summed E-state index contributed by atoms with van der Waals surface area (Å²) in [6.45, 7) is 1.43. The zero-order chi connectivity index (χ0) is 20.7. The molecule has 5 rings (SSSR count). The summed E-state index contributed by atoms with van der Waals surface area (Å²) in [5.74, 6) is 3.13. The molecular formula is C23H24ClFN4O. The zero-order valence-corrected chi connectivity index (χ0v) is 17.6. The SMILES string of the molecule is COc1ccc(F)cc1C1CCC(c2nnc3n2-c2ccc(Cl)cc2CNC3)CC1. The summed E-state index contributed by atoms with van der Waals surface area (Å²) in [5.41, 5.74) is 3.23. The second kappa shape index (κ2) is 8.00. The molecule has 0 unspecified atom stereocenters. The number of benzene rings is 2. The fraction of sp³-hybridized carbons (Fsp3) is 0.391. The molecule has 0 spiro atoms. The van der Waals surface area contributed by atoms with Crippen LogP contribution < -0.4 is 10.1 Å². The van der Waals surface area contributed by atoms with Crippen molar-refractivity contribution in [3.63, 3.8) is 0 Å². The van der Waals surface area contributed by atoms with Crippen LogP contribution in [0.2, 0.25) is 5.02 Å². The zero-order valence-electron chi connectivity index (χ0n) is 16.9. The fourth-order valence-electron chi connectivity index (χ4n) is 4.88. The average Bonchev–Trinajstić information content (AvgIpc) is 3.09. The van der Waals surface area contributed by atoms with E-state index in [0.717, 1.165) is 71.5 Å². The smallest absolute Gasteiger partial charge is 0.151 e. The van der Waals surface area contributed by atoms with Crippen LogP contribution in [0.4, 0.5) is 4.39 Å². The Morgan fingerprint density at radius 2 is 1.83 bits per heavy atom. The number of hydrogen-bond acceptors (Lipinski definition) is 4. The van der Waals surface area contributed by atoms with Crippen molar-refractivity contribution in [2.75, 3.05) is 7.11 Å². The van der Waals surface area contributed by atoms with Gasteiger partial charge in [-0.1, -0.05) is 11.6 Å². The van der Waals surface area contributed by atoms with Gasteiger partial charge in [0.2, 0.25) is 0 Å². The molecule has 3 aromatic rings. The Morgan fingerprint density at radius 3 is 2.63 bits per heavy atom. The Kier molecular flexibility index (Phi) is 5.21. The number of halogens is 2. The second-order valence-electron chi connectivity index (χ2n) is 8.12. The lowest BCUT2D eigenvalue weighted by Crippen LogP contribution is -2.17. The van der Waals surface area contributed by atoms with Crippen molar-refractivity contribution in [1.29, 1.82) is 0 Å². The van der Waals surface area contributed by atoms with Gasteiger partial charge in [-0.2, -0.15) is 0 Å². The van der Waals surface area contributed by atoms with Gasteiger partial charge in [0, 0.05) is 23.0 Å². The molecule has 30 heavy (non-hydrogen) atoms. The highest BCUT2D eigenvalue weighted by Crippen LogP contribution is 2.43. The van der Waals surface area contributed by atoms with Crippen LogP contribution >= 0.6 is 11.6 Å². The number of nitrogens with one attached hydrogen (secondary N) is 1. The number of fused-ring (bicyclic) bond motifs is 3. The quantitative estimate of drug-likeness (QED) is 0.632. The number of hydrogen-bond donors (Lipinski definition) is 1. The highest BCUT2D eigenvalue weighted by Gasteiger charge is 2.30. The number of aromatic nitrogens is 3. The summed E-state index contributed by atoms with van der Waals surface area (Å²) in [7, 11) is 1.64. The summed E-state index contributed by atoms with van der Waals surface area (Å²) in [6, 6.07) is 10.8. The van der Waals surface area contributed by atoms with E-state index in [2.05, 4.69) is 26.1 Å². The molecule has 0 amide bonds. The molecule has 1 aliphatic carbocycles. The summed E-state index contributed by atoms with van der Waals surface area (Å²) in [6.07, 6.45) is 3.91. The minimum absolute atomic E-state index is 0.210. The Labute approximate surface area is 180 Å². The van der Waals surface area contributed by atoms with E-state index >= 15 is 0 Å². The summed E-state index contributed by atoms with van der Waals surface area (Å²) in [4.78, 5) is 0. The van der Waals surface area contributed by atoms with Gasteiger partial charge in [-0.05, 0) is 73.6 Å². The van der Waals surface area contributed by atoms with Gasteiger partial charge in [-0.15, -0.1) is 10.2 Å². The molecule has 156 valence electrons. The van der Waals surface area contributed by atoms with Crippen LogP contribution in [-0.2, 0) is 13.1 Å². The van der Waals surface area contributed by atoms with Crippen molar-refractivity contribution in [1.82, 2.24) is 20.1 Å². The molecule has 0 bridgehead atoms. The molecule has 0 atom stereocenters. The predicted molar refractivity (Wildman–Crippen MR) is 114 cm³/mol. The van der Waals surface area contributed by atoms with Crippen molar-refractivity contribution in [2.45, 2.75) is 50.6 Å². The number of methoxy groups -OCH3 is 1. The molecule has 0 saturated heterocycles. The first kappa shape index (κ1) is 19.5. The van der Waals surface area contributed by atoms with E-state index < -0.39 is 0 Å². The van der Waals surface area contributed by atoms with E-state index in [1.54, 1.807) is 19.2 Å². The molecule has 1 aromatic heterocycles. The van der Waals surface area contributed by atoms with Gasteiger partial charge < -0.3 is 10.1 Å². The molecular weight excluding hydrogens is 403 g/mol. The average molecular weight is 427 g/mol. The maximum Gasteiger partial charge on any atom is 0.151 e. The van der Waals surface area contributed by atoms with E-state index in [-0.39, 0.29) is 5.82 Å². The van der Waals surface area contributed by atoms with Crippen LogP contribution in [0, 0.1) is 5.82 Å². The standard InChI is InChI=1S/C23H24ClFN4O/c1-30-21-9-7-18(25)11-19(21)14-2-4-15(5-3-14)23-28-27-22-13-26-12-16-10-17(24)6-8-20(16)29(22)23/h6-11,14-15,26H,2-5,12-13H2,1H3. The van der Waals surface area contributed by atoms with Crippen LogP contribution in [0.25, 0.3) is 5.69 Å². The first-order valence-electron chi connectivity index (χ1n) is 10.4. The van der Waals surface area contributed by atoms with E-state index in [1.165, 1.54) is 6.07 Å². The van der Waals surface area contributed by atoms with E-state index in [1.807, 2.05) is 12.1 Å². The lowest BCUT2D eigenvalue weighted by Gasteiger charge is -2.29. The van der Waals surface area contributed by atoms with Crippen molar-refractivity contribution in [2.24, 2.45) is 0 Å². The number of nitrogens with zero attached hydrogens (tertiary/aromatic N) is 3. The van der Waals surface area contributed by atoms with Gasteiger partial charge in [0.05, 0.1) is 19.3 Å². The van der Waals surface area contributed by atoms with Crippen molar-refractivity contribution < 1.29 is 9.13 Å². The van der Waals surface area contributed by atoms with Gasteiger partial charge in [-0.3, -0.25) is 4.57 Å². The molecule has 0 radical (unpaired) electrons. The Hall–Kier alpha value is -2.44. The van der Waals surface area contributed by atoms with Crippen molar-refractivity contribution in [3.05, 3.63) is 70.0 Å². The monoisotopic (exact) mass is 426 g/mol. The second-order valence-corrected chi connectivity index (χ2v) is 8.56. The van der Waals surface area contributed by atoms with E-state index in [0.29, 0.717) is 18.4 Å². The maximum atomic E-state index is 13.8. The van der Waals surface area contributed by atoms with E-state index in [9.17, 15) is 4.39 Å². The third-order valence-corrected chi connectivity index (χ3v) is 6.60. The van der Waals surface area contributed by atoms with Gasteiger partial charge in [0.15, 0.2) is 5.82 Å². The normalized spacial score (nSPS) is 20.9. The molecule has 1 aliphatic heterocycles. The first-order valence-corrected chi connectivity index (χ1v) is 10.8. The van der Waals surface area contributed by atoms with Crippen LogP contribution in [0.15, 0.2) is 36.4 Å². The molecule has 1 N–H and O–H groups in total. The fourth-order valence-corrected chi connectivity index (χ4v) is 5.08. The highest BCUT2D eigenvalue weighted by molar-refractivity contribution is 6.30. The molecule has 2 aliphatic rings. The van der Waals surface area contributed by atoms with Crippen molar-refractivity contribution >= 4 is 11.6 Å². The number of rotatable bonds is 3. The molecule has 5 nitrogen and oxygen atoms in total. The third-order valence-electron chi connectivity index (χ3n) is 6.36. The Balaban J connectivity index is 1.42. The topological polar surface area (TPSA) is 52.0 Å². The van der Waals surface area contributed by atoms with Crippen molar-refractivity contribution in [3.8, 4) is 11.4 Å². The minimum Gasteiger partial charge on any atom is -0.496 e. The summed E-state index contributed by atoms with van der Waals surface area (Å²) in [5, 5.41) is 13.2. The van der Waals surface area contributed by atoms with Crippen LogP contribution in [0.1, 0.15) is 60.3 Å². The predicted octanol–water partition coefficient (Wildman–Crippen LogP) is 5.11. The third kappa shape index (κ3) is 3.48. The summed E-state index contributed by atoms with van der Waals surface area (Å²) >= 11 is 6.22. The van der Waals surface area contributed by atoms with E-state index in [4.69, 9.17) is 16.3 Å². The van der Waals surface area contributed by atoms with Gasteiger partial charge in [0.1, 0.15) is 17.4 Å². The molecule has 7 heteroatoms. The minimum atomic E-state index is -0.210. The molecule has 2 heterocycles. The lowest BCUT2D eigenvalue weighted by atomic mass is 9.78. The van der Waals surface area contributed by atoms with Crippen LogP contribution in [-0.4, -0.2) is 21.9 Å². The largest absolute Gasteiger partial charge is 0.496 e. The molecule has 1 fully saturated rings. The van der Waals surface area contributed by atoms with Gasteiger partial charge in [-0.25, -0.2) is 4.39 Å². The molecule has 2 aromatic carbocycles. The maximum absolute atomic E-state index is 13.8. The van der Waals surface area contributed by atoms with Gasteiger partial charge in [0.25, 0.3) is 0 Å².